The lowest BCUT2D eigenvalue weighted by atomic mass is 10.1. The number of ether oxygens (including phenoxy) is 1. The van der Waals surface area contributed by atoms with E-state index in [1.165, 1.54) is 18.2 Å². The van der Waals surface area contributed by atoms with Crippen LogP contribution in [-0.2, 0) is 0 Å². The SMILES string of the molecule is CC(N)c1cc(Br)ccc1Oc1ccc(Cl)cc1[N+](=O)[O-]. The van der Waals surface area contributed by atoms with Crippen molar-refractivity contribution in [2.45, 2.75) is 13.0 Å². The van der Waals surface area contributed by atoms with Crippen molar-refractivity contribution >= 4 is 33.2 Å². The van der Waals surface area contributed by atoms with Crippen molar-refractivity contribution < 1.29 is 9.66 Å². The molecule has 1 atom stereocenters. The summed E-state index contributed by atoms with van der Waals surface area (Å²) in [6.45, 7) is 1.81. The molecule has 0 radical (unpaired) electrons. The fourth-order valence-electron chi connectivity index (χ4n) is 1.81. The van der Waals surface area contributed by atoms with Crippen molar-refractivity contribution in [2.24, 2.45) is 5.73 Å². The van der Waals surface area contributed by atoms with Crippen LogP contribution in [0.25, 0.3) is 0 Å². The van der Waals surface area contributed by atoms with E-state index in [0.29, 0.717) is 5.75 Å². The fourth-order valence-corrected chi connectivity index (χ4v) is 2.35. The van der Waals surface area contributed by atoms with E-state index in [2.05, 4.69) is 15.9 Å². The highest BCUT2D eigenvalue weighted by Gasteiger charge is 2.18. The maximum absolute atomic E-state index is 11.1. The Hall–Kier alpha value is -1.63. The summed E-state index contributed by atoms with van der Waals surface area (Å²) in [6, 6.07) is 9.29. The van der Waals surface area contributed by atoms with Crippen LogP contribution in [0.3, 0.4) is 0 Å². The minimum Gasteiger partial charge on any atom is -0.450 e. The van der Waals surface area contributed by atoms with Crippen molar-refractivity contribution in [2.75, 3.05) is 0 Å². The Morgan fingerprint density at radius 2 is 1.95 bits per heavy atom. The Morgan fingerprint density at radius 1 is 1.29 bits per heavy atom. The van der Waals surface area contributed by atoms with Crippen LogP contribution in [-0.4, -0.2) is 4.92 Å². The highest BCUT2D eigenvalue weighted by Crippen LogP contribution is 2.36. The fraction of sp³-hybridized carbons (Fsp3) is 0.143. The minimum atomic E-state index is -0.536. The molecule has 0 heterocycles. The summed E-state index contributed by atoms with van der Waals surface area (Å²) in [7, 11) is 0. The molecule has 0 spiro atoms. The van der Waals surface area contributed by atoms with Crippen LogP contribution in [0.5, 0.6) is 11.5 Å². The van der Waals surface area contributed by atoms with Gasteiger partial charge in [0, 0.05) is 27.2 Å². The summed E-state index contributed by atoms with van der Waals surface area (Å²) in [5.41, 5.74) is 6.45. The van der Waals surface area contributed by atoms with E-state index >= 15 is 0 Å². The van der Waals surface area contributed by atoms with E-state index in [4.69, 9.17) is 22.1 Å². The molecule has 2 rings (SSSR count). The smallest absolute Gasteiger partial charge is 0.313 e. The van der Waals surface area contributed by atoms with Gasteiger partial charge in [0.2, 0.25) is 5.75 Å². The normalized spacial score (nSPS) is 12.0. The zero-order valence-electron chi connectivity index (χ0n) is 11.0. The molecule has 2 aromatic rings. The average Bonchev–Trinajstić information content (AvgIpc) is 2.42. The van der Waals surface area contributed by atoms with Gasteiger partial charge in [-0.05, 0) is 37.3 Å². The van der Waals surface area contributed by atoms with Gasteiger partial charge in [-0.2, -0.15) is 0 Å². The number of benzene rings is 2. The Labute approximate surface area is 134 Å². The molecule has 2 aromatic carbocycles. The lowest BCUT2D eigenvalue weighted by molar-refractivity contribution is -0.385. The van der Waals surface area contributed by atoms with Gasteiger partial charge >= 0.3 is 5.69 Å². The number of rotatable bonds is 4. The summed E-state index contributed by atoms with van der Waals surface area (Å²) >= 11 is 9.14. The Balaban J connectivity index is 2.46. The molecule has 0 saturated carbocycles. The Kier molecular flexibility index (Phi) is 4.82. The van der Waals surface area contributed by atoms with E-state index in [1.807, 2.05) is 13.0 Å². The molecule has 0 aliphatic heterocycles. The molecule has 0 bridgehead atoms. The maximum atomic E-state index is 11.1. The largest absolute Gasteiger partial charge is 0.450 e. The quantitative estimate of drug-likeness (QED) is 0.617. The molecule has 7 heteroatoms. The van der Waals surface area contributed by atoms with Gasteiger partial charge in [0.15, 0.2) is 0 Å². The molecular weight excluding hydrogens is 360 g/mol. The van der Waals surface area contributed by atoms with E-state index < -0.39 is 4.92 Å². The molecule has 1 unspecified atom stereocenters. The lowest BCUT2D eigenvalue weighted by Crippen LogP contribution is -2.07. The molecule has 0 aliphatic carbocycles. The van der Waals surface area contributed by atoms with Gasteiger partial charge in [-0.3, -0.25) is 10.1 Å². The summed E-state index contributed by atoms with van der Waals surface area (Å²) in [5, 5.41) is 11.3. The van der Waals surface area contributed by atoms with Crippen molar-refractivity contribution in [1.29, 1.82) is 0 Å². The second kappa shape index (κ2) is 6.43. The third-order valence-corrected chi connectivity index (χ3v) is 3.53. The zero-order chi connectivity index (χ0) is 15.6. The number of nitrogens with zero attached hydrogens (tertiary/aromatic N) is 1. The van der Waals surface area contributed by atoms with Crippen LogP contribution in [0, 0.1) is 10.1 Å². The van der Waals surface area contributed by atoms with E-state index in [0.717, 1.165) is 10.0 Å². The van der Waals surface area contributed by atoms with Gasteiger partial charge in [-0.1, -0.05) is 27.5 Å². The standard InChI is InChI=1S/C14H12BrClN2O3/c1-8(17)11-6-9(15)2-4-13(11)21-14-5-3-10(16)7-12(14)18(19)20/h2-8H,17H2,1H3. The van der Waals surface area contributed by atoms with Gasteiger partial charge in [0.05, 0.1) is 4.92 Å². The average molecular weight is 372 g/mol. The van der Waals surface area contributed by atoms with Crippen molar-refractivity contribution in [1.82, 2.24) is 0 Å². The molecule has 0 amide bonds. The second-order valence-corrected chi connectivity index (χ2v) is 5.79. The molecule has 2 N–H and O–H groups in total. The molecular formula is C14H12BrClN2O3. The third kappa shape index (κ3) is 3.72. The van der Waals surface area contributed by atoms with Crippen molar-refractivity contribution in [3.8, 4) is 11.5 Å². The van der Waals surface area contributed by atoms with Crippen LogP contribution < -0.4 is 10.5 Å². The predicted molar refractivity (Wildman–Crippen MR) is 84.9 cm³/mol. The number of halogens is 2. The zero-order valence-corrected chi connectivity index (χ0v) is 13.4. The summed E-state index contributed by atoms with van der Waals surface area (Å²) in [4.78, 5) is 10.5. The van der Waals surface area contributed by atoms with Crippen molar-refractivity contribution in [3.63, 3.8) is 0 Å². The highest BCUT2D eigenvalue weighted by molar-refractivity contribution is 9.10. The Bertz CT molecular complexity index is 692. The number of nitro benzene ring substituents is 1. The summed E-state index contributed by atoms with van der Waals surface area (Å²) < 4.78 is 6.53. The summed E-state index contributed by atoms with van der Waals surface area (Å²) in [5.74, 6) is 0.590. The van der Waals surface area contributed by atoms with Gasteiger partial charge in [-0.15, -0.1) is 0 Å². The number of nitro groups is 1. The third-order valence-electron chi connectivity index (χ3n) is 2.80. The van der Waals surface area contributed by atoms with Crippen LogP contribution in [0.15, 0.2) is 40.9 Å². The van der Waals surface area contributed by atoms with Gasteiger partial charge in [-0.25, -0.2) is 0 Å². The van der Waals surface area contributed by atoms with Crippen LogP contribution in [0.4, 0.5) is 5.69 Å². The maximum Gasteiger partial charge on any atom is 0.313 e. The molecule has 0 aromatic heterocycles. The van der Waals surface area contributed by atoms with Crippen LogP contribution in [0.2, 0.25) is 5.02 Å². The predicted octanol–water partition coefficient (Wildman–Crippen LogP) is 4.82. The van der Waals surface area contributed by atoms with Crippen LogP contribution >= 0.6 is 27.5 Å². The number of hydrogen-bond donors (Lipinski definition) is 1. The first kappa shape index (κ1) is 15.8. The van der Waals surface area contributed by atoms with Gasteiger partial charge < -0.3 is 10.5 Å². The first-order chi connectivity index (χ1) is 9.88. The molecule has 21 heavy (non-hydrogen) atoms. The van der Waals surface area contributed by atoms with Crippen LogP contribution in [0.1, 0.15) is 18.5 Å². The number of nitrogens with two attached hydrogens (primary N) is 1. The Morgan fingerprint density at radius 3 is 2.57 bits per heavy atom. The molecule has 5 nitrogen and oxygen atoms in total. The lowest BCUT2D eigenvalue weighted by Gasteiger charge is -2.14. The molecule has 0 saturated heterocycles. The molecule has 0 aliphatic rings. The second-order valence-electron chi connectivity index (χ2n) is 4.44. The monoisotopic (exact) mass is 370 g/mol. The van der Waals surface area contributed by atoms with E-state index in [-0.39, 0.29) is 22.5 Å². The first-order valence-corrected chi connectivity index (χ1v) is 7.22. The van der Waals surface area contributed by atoms with Gasteiger partial charge in [0.25, 0.3) is 0 Å². The van der Waals surface area contributed by atoms with Crippen molar-refractivity contribution in [3.05, 3.63) is 61.6 Å². The van der Waals surface area contributed by atoms with E-state index in [1.54, 1.807) is 12.1 Å². The topological polar surface area (TPSA) is 78.4 Å². The highest BCUT2D eigenvalue weighted by atomic mass is 79.9. The number of hydrogen-bond acceptors (Lipinski definition) is 4. The van der Waals surface area contributed by atoms with Gasteiger partial charge in [0.1, 0.15) is 5.75 Å². The first-order valence-electron chi connectivity index (χ1n) is 6.05. The minimum absolute atomic E-state index is 0.119. The molecule has 0 fully saturated rings. The van der Waals surface area contributed by atoms with E-state index in [9.17, 15) is 10.1 Å². The summed E-state index contributed by atoms with van der Waals surface area (Å²) in [6.07, 6.45) is 0. The molecule has 110 valence electrons.